The fourth-order valence-electron chi connectivity index (χ4n) is 2.12. The van der Waals surface area contributed by atoms with Gasteiger partial charge in [-0.15, -0.1) is 5.10 Å². The number of rotatable bonds is 7. The Hall–Kier alpha value is -1.47. The van der Waals surface area contributed by atoms with Crippen LogP contribution in [0.3, 0.4) is 0 Å². The van der Waals surface area contributed by atoms with Crippen LogP contribution in [0, 0.1) is 0 Å². The average Bonchev–Trinajstić information content (AvgIpc) is 2.96. The molecule has 1 aliphatic rings. The molecule has 1 aromatic heterocycles. The summed E-state index contributed by atoms with van der Waals surface area (Å²) in [4.78, 5) is 14.0. The van der Waals surface area contributed by atoms with E-state index in [4.69, 9.17) is 0 Å². The number of amides is 1. The molecule has 2 heterocycles. The lowest BCUT2D eigenvalue weighted by molar-refractivity contribution is -0.121. The van der Waals surface area contributed by atoms with Crippen LogP contribution in [0.5, 0.6) is 0 Å². The van der Waals surface area contributed by atoms with Crippen molar-refractivity contribution in [3.63, 3.8) is 0 Å². The van der Waals surface area contributed by atoms with Gasteiger partial charge in [-0.05, 0) is 13.0 Å². The Bertz CT molecular complexity index is 360. The van der Waals surface area contributed by atoms with Crippen molar-refractivity contribution in [3.8, 4) is 0 Å². The summed E-state index contributed by atoms with van der Waals surface area (Å²) in [5.74, 6) is 0.0795. The molecule has 0 radical (unpaired) electrons. The van der Waals surface area contributed by atoms with Crippen molar-refractivity contribution >= 4 is 5.91 Å². The number of carbonyl (C=O) groups is 1. The molecule has 0 saturated carbocycles. The van der Waals surface area contributed by atoms with Gasteiger partial charge in [-0.3, -0.25) is 9.48 Å². The number of hydrogen-bond donors (Lipinski definition) is 2. The van der Waals surface area contributed by atoms with Gasteiger partial charge in [-0.2, -0.15) is 0 Å². The van der Waals surface area contributed by atoms with Crippen LogP contribution >= 0.6 is 0 Å². The number of nitrogens with one attached hydrogen (secondary N) is 2. The van der Waals surface area contributed by atoms with E-state index in [0.29, 0.717) is 13.0 Å². The lowest BCUT2D eigenvalue weighted by Gasteiger charge is -2.27. The van der Waals surface area contributed by atoms with Gasteiger partial charge in [0.15, 0.2) is 0 Å². The highest BCUT2D eigenvalue weighted by Crippen LogP contribution is 1.94. The van der Waals surface area contributed by atoms with Gasteiger partial charge in [0.2, 0.25) is 5.91 Å². The van der Waals surface area contributed by atoms with Gasteiger partial charge < -0.3 is 15.5 Å². The van der Waals surface area contributed by atoms with Crippen molar-refractivity contribution < 1.29 is 4.79 Å². The largest absolute Gasteiger partial charge is 0.356 e. The minimum atomic E-state index is 0.0795. The first-order valence-corrected chi connectivity index (χ1v) is 6.88. The molecule has 0 aliphatic carbocycles. The molecule has 0 spiro atoms. The highest BCUT2D eigenvalue weighted by molar-refractivity contribution is 5.75. The van der Waals surface area contributed by atoms with Gasteiger partial charge in [-0.1, -0.05) is 5.21 Å². The van der Waals surface area contributed by atoms with Crippen LogP contribution in [0.15, 0.2) is 12.4 Å². The summed E-state index contributed by atoms with van der Waals surface area (Å²) < 4.78 is 1.67. The molecule has 2 N–H and O–H groups in total. The minimum Gasteiger partial charge on any atom is -0.356 e. The molecular formula is C12H22N6O. The molecule has 1 fully saturated rings. The Balaban J connectivity index is 1.49. The number of hydrogen-bond acceptors (Lipinski definition) is 5. The summed E-state index contributed by atoms with van der Waals surface area (Å²) in [6, 6.07) is 0. The Kier molecular flexibility index (Phi) is 5.77. The van der Waals surface area contributed by atoms with Crippen LogP contribution in [0.4, 0.5) is 0 Å². The van der Waals surface area contributed by atoms with Crippen LogP contribution in [0.1, 0.15) is 12.8 Å². The van der Waals surface area contributed by atoms with Crippen molar-refractivity contribution in [2.45, 2.75) is 19.4 Å². The van der Waals surface area contributed by atoms with Crippen LogP contribution in [-0.4, -0.2) is 65.1 Å². The van der Waals surface area contributed by atoms with Crippen molar-refractivity contribution in [1.82, 2.24) is 30.5 Å². The molecule has 1 aliphatic heterocycles. The van der Waals surface area contributed by atoms with E-state index >= 15 is 0 Å². The zero-order valence-electron chi connectivity index (χ0n) is 11.2. The van der Waals surface area contributed by atoms with Crippen LogP contribution < -0.4 is 10.6 Å². The minimum absolute atomic E-state index is 0.0795. The lowest BCUT2D eigenvalue weighted by atomic mass is 10.3. The van der Waals surface area contributed by atoms with E-state index in [1.165, 1.54) is 0 Å². The van der Waals surface area contributed by atoms with Crippen LogP contribution in [0.2, 0.25) is 0 Å². The highest BCUT2D eigenvalue weighted by Gasteiger charge is 2.08. The third kappa shape index (κ3) is 5.35. The predicted molar refractivity (Wildman–Crippen MR) is 71.6 cm³/mol. The van der Waals surface area contributed by atoms with E-state index in [9.17, 15) is 4.79 Å². The van der Waals surface area contributed by atoms with E-state index in [1.54, 1.807) is 17.1 Å². The molecule has 106 valence electrons. The molecule has 2 rings (SSSR count). The molecule has 0 unspecified atom stereocenters. The quantitative estimate of drug-likeness (QED) is 0.624. The zero-order valence-corrected chi connectivity index (χ0v) is 11.2. The number of nitrogens with zero attached hydrogens (tertiary/aromatic N) is 4. The van der Waals surface area contributed by atoms with E-state index in [0.717, 1.165) is 45.7 Å². The molecule has 0 bridgehead atoms. The summed E-state index contributed by atoms with van der Waals surface area (Å²) >= 11 is 0. The lowest BCUT2D eigenvalue weighted by Crippen LogP contribution is -2.44. The molecule has 0 aromatic carbocycles. The van der Waals surface area contributed by atoms with Crippen molar-refractivity contribution in [2.75, 3.05) is 39.3 Å². The van der Waals surface area contributed by atoms with Crippen LogP contribution in [0.25, 0.3) is 0 Å². The first kappa shape index (κ1) is 14.0. The standard InChI is InChI=1S/C12H22N6O/c19-12(2-8-18-11-6-15-16-18)14-3-1-7-17-9-4-13-5-10-17/h6,11,13H,1-5,7-10H2,(H,14,19). The molecule has 1 saturated heterocycles. The first-order chi connectivity index (χ1) is 9.34. The fourth-order valence-corrected chi connectivity index (χ4v) is 2.12. The SMILES string of the molecule is O=C(CCn1ccnn1)NCCCN1CCNCC1. The second kappa shape index (κ2) is 7.85. The highest BCUT2D eigenvalue weighted by atomic mass is 16.1. The molecule has 0 atom stereocenters. The third-order valence-corrected chi connectivity index (χ3v) is 3.22. The summed E-state index contributed by atoms with van der Waals surface area (Å²) in [6.45, 7) is 6.77. The number of aromatic nitrogens is 3. The number of carbonyl (C=O) groups excluding carboxylic acids is 1. The maximum Gasteiger partial charge on any atom is 0.221 e. The summed E-state index contributed by atoms with van der Waals surface area (Å²) in [6.07, 6.45) is 4.84. The molecule has 7 nitrogen and oxygen atoms in total. The Morgan fingerprint density at radius 3 is 2.89 bits per heavy atom. The normalized spacial score (nSPS) is 16.4. The molecule has 1 aromatic rings. The average molecular weight is 266 g/mol. The van der Waals surface area contributed by atoms with E-state index in [2.05, 4.69) is 25.8 Å². The Labute approximate surface area is 113 Å². The van der Waals surface area contributed by atoms with Gasteiger partial charge in [-0.25, -0.2) is 0 Å². The summed E-state index contributed by atoms with van der Waals surface area (Å²) in [5.41, 5.74) is 0. The first-order valence-electron chi connectivity index (χ1n) is 6.88. The maximum absolute atomic E-state index is 11.6. The Morgan fingerprint density at radius 1 is 1.32 bits per heavy atom. The van der Waals surface area contributed by atoms with E-state index < -0.39 is 0 Å². The molecule has 19 heavy (non-hydrogen) atoms. The van der Waals surface area contributed by atoms with Crippen molar-refractivity contribution in [2.24, 2.45) is 0 Å². The predicted octanol–water partition coefficient (Wildman–Crippen LogP) is -0.920. The number of aryl methyl sites for hydroxylation is 1. The third-order valence-electron chi connectivity index (χ3n) is 3.22. The molecule has 1 amide bonds. The second-order valence-corrected chi connectivity index (χ2v) is 4.71. The fraction of sp³-hybridized carbons (Fsp3) is 0.750. The zero-order chi connectivity index (χ0) is 13.3. The maximum atomic E-state index is 11.6. The van der Waals surface area contributed by atoms with Crippen molar-refractivity contribution in [3.05, 3.63) is 12.4 Å². The van der Waals surface area contributed by atoms with Gasteiger partial charge in [0.05, 0.1) is 12.7 Å². The van der Waals surface area contributed by atoms with Crippen molar-refractivity contribution in [1.29, 1.82) is 0 Å². The van der Waals surface area contributed by atoms with Gasteiger partial charge in [0.25, 0.3) is 0 Å². The van der Waals surface area contributed by atoms with Gasteiger partial charge in [0.1, 0.15) is 0 Å². The summed E-state index contributed by atoms with van der Waals surface area (Å²) in [7, 11) is 0. The van der Waals surface area contributed by atoms with Gasteiger partial charge in [0, 0.05) is 45.3 Å². The second-order valence-electron chi connectivity index (χ2n) is 4.71. The van der Waals surface area contributed by atoms with Gasteiger partial charge >= 0.3 is 0 Å². The topological polar surface area (TPSA) is 75.1 Å². The monoisotopic (exact) mass is 266 g/mol. The van der Waals surface area contributed by atoms with E-state index in [1.807, 2.05) is 0 Å². The molecule has 7 heteroatoms. The van der Waals surface area contributed by atoms with E-state index in [-0.39, 0.29) is 5.91 Å². The number of piperazine rings is 1. The Morgan fingerprint density at radius 2 is 2.16 bits per heavy atom. The summed E-state index contributed by atoms with van der Waals surface area (Å²) in [5, 5.41) is 13.8. The van der Waals surface area contributed by atoms with Crippen LogP contribution in [-0.2, 0) is 11.3 Å². The molecular weight excluding hydrogens is 244 g/mol. The smallest absolute Gasteiger partial charge is 0.221 e.